The van der Waals surface area contributed by atoms with E-state index in [0.29, 0.717) is 26.2 Å². The van der Waals surface area contributed by atoms with Gasteiger partial charge in [-0.1, -0.05) is 60.7 Å². The van der Waals surface area contributed by atoms with Crippen molar-refractivity contribution >= 4 is 5.91 Å². The van der Waals surface area contributed by atoms with Gasteiger partial charge in [0.15, 0.2) is 6.29 Å². The van der Waals surface area contributed by atoms with Crippen molar-refractivity contribution in [3.8, 4) is 0 Å². The van der Waals surface area contributed by atoms with Crippen LogP contribution >= 0.6 is 0 Å². The molecule has 0 bridgehead atoms. The maximum Gasteiger partial charge on any atom is 0.217 e. The van der Waals surface area contributed by atoms with Gasteiger partial charge in [0.05, 0.1) is 32.0 Å². The monoisotopic (exact) mass is 399 g/mol. The third-order valence-corrected chi connectivity index (χ3v) is 4.86. The van der Waals surface area contributed by atoms with Gasteiger partial charge in [0, 0.05) is 20.5 Å². The summed E-state index contributed by atoms with van der Waals surface area (Å²) in [5, 5.41) is 2.90. The highest BCUT2D eigenvalue weighted by molar-refractivity contribution is 5.73. The Bertz CT molecular complexity index is 739. The summed E-state index contributed by atoms with van der Waals surface area (Å²) in [6, 6.07) is 19.7. The van der Waals surface area contributed by atoms with E-state index in [1.165, 1.54) is 6.92 Å². The number of carbonyl (C=O) groups excluding carboxylic acids is 1. The van der Waals surface area contributed by atoms with Crippen LogP contribution < -0.4 is 5.32 Å². The zero-order valence-electron chi connectivity index (χ0n) is 17.0. The third-order valence-electron chi connectivity index (χ3n) is 4.86. The number of nitrogens with one attached hydrogen (secondary N) is 1. The lowest BCUT2D eigenvalue weighted by atomic mass is 10.00. The van der Waals surface area contributed by atoms with Crippen LogP contribution in [-0.4, -0.2) is 44.2 Å². The van der Waals surface area contributed by atoms with E-state index in [1.54, 1.807) is 7.11 Å². The molecule has 1 fully saturated rings. The topological polar surface area (TPSA) is 66.0 Å². The Morgan fingerprint density at radius 2 is 1.66 bits per heavy atom. The van der Waals surface area contributed by atoms with E-state index in [1.807, 2.05) is 60.7 Å². The fourth-order valence-corrected chi connectivity index (χ4v) is 3.44. The summed E-state index contributed by atoms with van der Waals surface area (Å²) >= 11 is 0. The van der Waals surface area contributed by atoms with Gasteiger partial charge in [0.1, 0.15) is 6.10 Å². The molecule has 3 rings (SSSR count). The van der Waals surface area contributed by atoms with E-state index >= 15 is 0 Å². The lowest BCUT2D eigenvalue weighted by Crippen LogP contribution is -2.56. The zero-order chi connectivity index (χ0) is 20.5. The maximum atomic E-state index is 11.6. The van der Waals surface area contributed by atoms with Gasteiger partial charge < -0.3 is 24.3 Å². The Kier molecular flexibility index (Phi) is 8.19. The minimum Gasteiger partial charge on any atom is -0.374 e. The van der Waals surface area contributed by atoms with Crippen molar-refractivity contribution in [1.29, 1.82) is 0 Å². The average Bonchev–Trinajstić information content (AvgIpc) is 2.74. The highest BCUT2D eigenvalue weighted by Gasteiger charge is 2.39. The number of ether oxygens (including phenoxy) is 4. The van der Waals surface area contributed by atoms with Gasteiger partial charge in [0.2, 0.25) is 5.91 Å². The van der Waals surface area contributed by atoms with Crippen LogP contribution in [0.3, 0.4) is 0 Å². The number of carbonyl (C=O) groups is 1. The second-order valence-electron chi connectivity index (χ2n) is 7.16. The first-order valence-electron chi connectivity index (χ1n) is 9.88. The number of hydrogen-bond donors (Lipinski definition) is 1. The molecule has 6 nitrogen and oxygen atoms in total. The Labute approximate surface area is 172 Å². The fraction of sp³-hybridized carbons (Fsp3) is 0.435. The van der Waals surface area contributed by atoms with Crippen LogP contribution in [0.1, 0.15) is 24.5 Å². The zero-order valence-corrected chi connectivity index (χ0v) is 17.0. The molecule has 0 saturated carbocycles. The number of methoxy groups -OCH3 is 1. The molecule has 0 radical (unpaired) electrons. The van der Waals surface area contributed by atoms with Crippen molar-refractivity contribution in [2.24, 2.45) is 0 Å². The molecule has 4 atom stereocenters. The van der Waals surface area contributed by atoms with E-state index < -0.39 is 6.29 Å². The summed E-state index contributed by atoms with van der Waals surface area (Å²) in [7, 11) is 1.58. The fourth-order valence-electron chi connectivity index (χ4n) is 3.44. The standard InChI is InChI=1S/C23H29NO5/c1-17(25)24-20-13-21(28-15-19-11-7-4-8-12-19)22(29-23(20)26-2)16-27-14-18-9-5-3-6-10-18/h3-12,20-23H,13-16H2,1-2H3,(H,24,25)/t20-,21+,22-,23+/m1/s1. The number of rotatable bonds is 9. The molecule has 0 unspecified atom stereocenters. The molecule has 2 aromatic rings. The van der Waals surface area contributed by atoms with Gasteiger partial charge in [0.25, 0.3) is 0 Å². The average molecular weight is 399 g/mol. The summed E-state index contributed by atoms with van der Waals surface area (Å²) in [6.07, 6.45) is -0.475. The molecule has 2 aromatic carbocycles. The number of hydrogen-bond acceptors (Lipinski definition) is 5. The van der Waals surface area contributed by atoms with E-state index in [-0.39, 0.29) is 24.2 Å². The van der Waals surface area contributed by atoms with Crippen LogP contribution in [0.15, 0.2) is 60.7 Å². The lowest BCUT2D eigenvalue weighted by molar-refractivity contribution is -0.246. The molecule has 156 valence electrons. The number of amides is 1. The predicted molar refractivity (Wildman–Crippen MR) is 109 cm³/mol. The van der Waals surface area contributed by atoms with E-state index in [4.69, 9.17) is 18.9 Å². The minimum absolute atomic E-state index is 0.124. The normalized spacial score (nSPS) is 24.2. The molecule has 1 heterocycles. The first kappa shape index (κ1) is 21.5. The molecule has 1 amide bonds. The summed E-state index contributed by atoms with van der Waals surface area (Å²) in [5.74, 6) is -0.124. The molecule has 1 N–H and O–H groups in total. The smallest absolute Gasteiger partial charge is 0.217 e. The summed E-state index contributed by atoms with van der Waals surface area (Å²) in [6.45, 7) is 2.83. The number of benzene rings is 2. The van der Waals surface area contributed by atoms with Gasteiger partial charge in [-0.05, 0) is 11.1 Å². The molecular weight excluding hydrogens is 370 g/mol. The van der Waals surface area contributed by atoms with E-state index in [0.717, 1.165) is 11.1 Å². The molecular formula is C23H29NO5. The molecule has 0 aromatic heterocycles. The van der Waals surface area contributed by atoms with Crippen LogP contribution in [0.5, 0.6) is 0 Å². The lowest BCUT2D eigenvalue weighted by Gasteiger charge is -2.40. The minimum atomic E-state index is -0.541. The molecule has 0 spiro atoms. The van der Waals surface area contributed by atoms with Crippen LogP contribution in [0, 0.1) is 0 Å². The third kappa shape index (κ3) is 6.65. The van der Waals surface area contributed by atoms with Crippen molar-refractivity contribution in [1.82, 2.24) is 5.32 Å². The van der Waals surface area contributed by atoms with E-state index in [2.05, 4.69) is 5.32 Å². The van der Waals surface area contributed by atoms with Crippen molar-refractivity contribution in [2.45, 2.75) is 51.1 Å². The second-order valence-corrected chi connectivity index (χ2v) is 7.16. The summed E-state index contributed by atoms with van der Waals surface area (Å²) < 4.78 is 23.6. The highest BCUT2D eigenvalue weighted by Crippen LogP contribution is 2.25. The van der Waals surface area contributed by atoms with E-state index in [9.17, 15) is 4.79 Å². The predicted octanol–water partition coefficient (Wildman–Crippen LogP) is 3.05. The molecule has 0 aliphatic carbocycles. The largest absolute Gasteiger partial charge is 0.374 e. The van der Waals surface area contributed by atoms with Gasteiger partial charge in [-0.3, -0.25) is 4.79 Å². The molecule has 6 heteroatoms. The van der Waals surface area contributed by atoms with Crippen LogP contribution in [0.2, 0.25) is 0 Å². The quantitative estimate of drug-likeness (QED) is 0.702. The Hall–Kier alpha value is -2.25. The molecule has 1 saturated heterocycles. The highest BCUT2D eigenvalue weighted by atomic mass is 16.7. The van der Waals surface area contributed by atoms with Crippen LogP contribution in [-0.2, 0) is 37.0 Å². The molecule has 29 heavy (non-hydrogen) atoms. The Morgan fingerprint density at radius 1 is 1.03 bits per heavy atom. The first-order valence-corrected chi connectivity index (χ1v) is 9.88. The van der Waals surface area contributed by atoms with Crippen LogP contribution in [0.25, 0.3) is 0 Å². The maximum absolute atomic E-state index is 11.6. The summed E-state index contributed by atoms with van der Waals surface area (Å²) in [4.78, 5) is 11.6. The van der Waals surface area contributed by atoms with Crippen molar-refractivity contribution in [2.75, 3.05) is 13.7 Å². The SMILES string of the molecule is CO[C@H]1O[C@H](COCc2ccccc2)[C@@H](OCc2ccccc2)C[C@H]1NC(C)=O. The molecule has 1 aliphatic rings. The van der Waals surface area contributed by atoms with Gasteiger partial charge >= 0.3 is 0 Å². The summed E-state index contributed by atoms with van der Waals surface area (Å²) in [5.41, 5.74) is 2.19. The van der Waals surface area contributed by atoms with Gasteiger partial charge in [-0.15, -0.1) is 0 Å². The van der Waals surface area contributed by atoms with Crippen LogP contribution in [0.4, 0.5) is 0 Å². The molecule has 1 aliphatic heterocycles. The second kappa shape index (κ2) is 11.1. The first-order chi connectivity index (χ1) is 14.2. The van der Waals surface area contributed by atoms with Gasteiger partial charge in [-0.25, -0.2) is 0 Å². The van der Waals surface area contributed by atoms with Crippen molar-refractivity contribution in [3.63, 3.8) is 0 Å². The Morgan fingerprint density at radius 3 is 2.24 bits per heavy atom. The Balaban J connectivity index is 1.63. The van der Waals surface area contributed by atoms with Gasteiger partial charge in [-0.2, -0.15) is 0 Å². The van der Waals surface area contributed by atoms with Crippen molar-refractivity contribution in [3.05, 3.63) is 71.8 Å². The van der Waals surface area contributed by atoms with Crippen molar-refractivity contribution < 1.29 is 23.7 Å².